The fraction of sp³-hybridized carbons (Fsp3) is 0.375. The highest BCUT2D eigenvalue weighted by molar-refractivity contribution is 7.92. The highest BCUT2D eigenvalue weighted by atomic mass is 32.2. The minimum atomic E-state index is -3.68. The van der Waals surface area contributed by atoms with Crippen LogP contribution in [0.1, 0.15) is 28.8 Å². The molecule has 0 unspecified atom stereocenters. The molecule has 2 aromatic carbocycles. The number of rotatable bonds is 10. The van der Waals surface area contributed by atoms with Crippen LogP contribution in [0.2, 0.25) is 0 Å². The first-order valence-electron chi connectivity index (χ1n) is 15.2. The SMILES string of the molecule is COc1ncc(-c2nc(N3CCOCC3)nc3c(OC4CCN(Cc5ccc(C(=O)O)cc5F)CC4)cc(F)cc23)cc1NS(C)(=O)=O. The van der Waals surface area contributed by atoms with Gasteiger partial charge in [0.2, 0.25) is 21.9 Å². The van der Waals surface area contributed by atoms with Crippen LogP contribution in [0.25, 0.3) is 22.2 Å². The van der Waals surface area contributed by atoms with E-state index in [9.17, 15) is 17.6 Å². The Morgan fingerprint density at radius 2 is 1.83 bits per heavy atom. The third-order valence-corrected chi connectivity index (χ3v) is 8.74. The van der Waals surface area contributed by atoms with Gasteiger partial charge in [0.15, 0.2) is 0 Å². The number of hydrogen-bond donors (Lipinski definition) is 2. The average molecular weight is 685 g/mol. The van der Waals surface area contributed by atoms with E-state index in [0.29, 0.717) is 92.5 Å². The summed E-state index contributed by atoms with van der Waals surface area (Å²) in [6.07, 6.45) is 3.34. The molecule has 4 heterocycles. The first-order valence-corrected chi connectivity index (χ1v) is 17.1. The highest BCUT2D eigenvalue weighted by Crippen LogP contribution is 2.37. The van der Waals surface area contributed by atoms with Crippen LogP contribution in [0.3, 0.4) is 0 Å². The number of benzene rings is 2. The summed E-state index contributed by atoms with van der Waals surface area (Å²) < 4.78 is 73.6. The van der Waals surface area contributed by atoms with Gasteiger partial charge in [-0.25, -0.2) is 36.9 Å². The number of carboxylic acid groups (broad SMARTS) is 1. The molecule has 2 aromatic heterocycles. The average Bonchev–Trinajstić information content (AvgIpc) is 3.05. The fourth-order valence-electron chi connectivity index (χ4n) is 5.80. The van der Waals surface area contributed by atoms with Crippen molar-refractivity contribution in [2.24, 2.45) is 0 Å². The lowest BCUT2D eigenvalue weighted by molar-refractivity contribution is 0.0696. The molecule has 6 rings (SSSR count). The summed E-state index contributed by atoms with van der Waals surface area (Å²) in [5.41, 5.74) is 1.48. The van der Waals surface area contributed by atoms with Gasteiger partial charge in [-0.15, -0.1) is 0 Å². The topological polar surface area (TPSA) is 156 Å². The summed E-state index contributed by atoms with van der Waals surface area (Å²) in [7, 11) is -2.32. The number of fused-ring (bicyclic) bond motifs is 1. The van der Waals surface area contributed by atoms with Crippen molar-refractivity contribution in [3.63, 3.8) is 0 Å². The van der Waals surface area contributed by atoms with Gasteiger partial charge in [0, 0.05) is 61.5 Å². The summed E-state index contributed by atoms with van der Waals surface area (Å²) in [4.78, 5) is 29.1. The zero-order valence-electron chi connectivity index (χ0n) is 26.3. The maximum Gasteiger partial charge on any atom is 0.335 e. The summed E-state index contributed by atoms with van der Waals surface area (Å²) in [6, 6.07) is 8.02. The molecule has 254 valence electrons. The molecule has 48 heavy (non-hydrogen) atoms. The lowest BCUT2D eigenvalue weighted by Gasteiger charge is -2.32. The van der Waals surface area contributed by atoms with Crippen molar-refractivity contribution in [2.45, 2.75) is 25.5 Å². The van der Waals surface area contributed by atoms with Gasteiger partial charge >= 0.3 is 5.97 Å². The number of carboxylic acids is 1. The van der Waals surface area contributed by atoms with Crippen LogP contribution in [0.4, 0.5) is 20.4 Å². The molecular weight excluding hydrogens is 650 g/mol. The van der Waals surface area contributed by atoms with Crippen molar-refractivity contribution >= 4 is 38.5 Å². The first kappa shape index (κ1) is 33.2. The second-order valence-electron chi connectivity index (χ2n) is 11.6. The van der Waals surface area contributed by atoms with E-state index in [1.54, 1.807) is 0 Å². The predicted octanol–water partition coefficient (Wildman–Crippen LogP) is 3.93. The van der Waals surface area contributed by atoms with Gasteiger partial charge in [-0.05, 0) is 37.1 Å². The molecule has 2 aliphatic rings. The summed E-state index contributed by atoms with van der Waals surface area (Å²) in [5.74, 6) is -1.68. The Morgan fingerprint density at radius 1 is 1.08 bits per heavy atom. The van der Waals surface area contributed by atoms with Gasteiger partial charge in [0.05, 0.1) is 37.8 Å². The van der Waals surface area contributed by atoms with Crippen LogP contribution in [-0.4, -0.2) is 98.2 Å². The number of nitrogens with one attached hydrogen (secondary N) is 1. The largest absolute Gasteiger partial charge is 0.488 e. The van der Waals surface area contributed by atoms with Gasteiger partial charge in [-0.2, -0.15) is 0 Å². The van der Waals surface area contributed by atoms with Gasteiger partial charge in [0.1, 0.15) is 34.7 Å². The Balaban J connectivity index is 1.31. The van der Waals surface area contributed by atoms with Crippen molar-refractivity contribution in [2.75, 3.05) is 62.4 Å². The summed E-state index contributed by atoms with van der Waals surface area (Å²) in [5, 5.41) is 9.46. The van der Waals surface area contributed by atoms with Crippen LogP contribution in [-0.2, 0) is 21.3 Å². The van der Waals surface area contributed by atoms with E-state index in [2.05, 4.69) is 14.6 Å². The van der Waals surface area contributed by atoms with Crippen LogP contribution in [0.15, 0.2) is 42.6 Å². The van der Waals surface area contributed by atoms with E-state index in [1.807, 2.05) is 4.90 Å². The van der Waals surface area contributed by atoms with E-state index in [-0.39, 0.29) is 29.0 Å². The van der Waals surface area contributed by atoms with Crippen LogP contribution < -0.4 is 19.1 Å². The van der Waals surface area contributed by atoms with E-state index in [1.165, 1.54) is 43.6 Å². The van der Waals surface area contributed by atoms with E-state index >= 15 is 4.39 Å². The number of nitrogens with zero attached hydrogens (tertiary/aromatic N) is 5. The first-order chi connectivity index (χ1) is 23.0. The fourth-order valence-corrected chi connectivity index (χ4v) is 6.35. The normalized spacial score (nSPS) is 16.2. The zero-order valence-corrected chi connectivity index (χ0v) is 27.1. The molecule has 0 bridgehead atoms. The van der Waals surface area contributed by atoms with E-state index < -0.39 is 27.6 Å². The van der Waals surface area contributed by atoms with Gasteiger partial charge in [0.25, 0.3) is 0 Å². The second-order valence-corrected chi connectivity index (χ2v) is 13.4. The number of halogens is 2. The third-order valence-electron chi connectivity index (χ3n) is 8.15. The minimum Gasteiger partial charge on any atom is -0.488 e. The number of methoxy groups -OCH3 is 1. The Labute approximate surface area is 275 Å². The molecule has 16 heteroatoms. The Bertz CT molecular complexity index is 1950. The molecule has 2 aliphatic heterocycles. The Morgan fingerprint density at radius 3 is 2.50 bits per heavy atom. The number of likely N-dealkylation sites (tertiary alicyclic amines) is 1. The van der Waals surface area contributed by atoms with Crippen LogP contribution in [0.5, 0.6) is 11.6 Å². The molecule has 0 atom stereocenters. The smallest absolute Gasteiger partial charge is 0.335 e. The minimum absolute atomic E-state index is 0.0532. The van der Waals surface area contributed by atoms with E-state index in [4.69, 9.17) is 29.3 Å². The monoisotopic (exact) mass is 684 g/mol. The molecule has 2 fully saturated rings. The Hall–Kier alpha value is -4.67. The molecule has 0 saturated carbocycles. The number of pyridine rings is 1. The van der Waals surface area contributed by atoms with Crippen molar-refractivity contribution in [3.05, 3.63) is 65.4 Å². The second kappa shape index (κ2) is 13.8. The number of piperidine rings is 1. The number of aromatic carboxylic acids is 1. The molecule has 13 nitrogen and oxygen atoms in total. The quantitative estimate of drug-likeness (QED) is 0.249. The highest BCUT2D eigenvalue weighted by Gasteiger charge is 2.26. The molecular formula is C32H34F2N6O7S. The molecule has 2 saturated heterocycles. The van der Waals surface area contributed by atoms with Crippen LogP contribution in [0, 0.1) is 11.6 Å². The molecule has 0 radical (unpaired) electrons. The molecule has 2 N–H and O–H groups in total. The number of aromatic nitrogens is 3. The number of sulfonamides is 1. The van der Waals surface area contributed by atoms with Gasteiger partial charge in [-0.1, -0.05) is 6.07 Å². The number of ether oxygens (including phenoxy) is 3. The lowest BCUT2D eigenvalue weighted by atomic mass is 10.0. The summed E-state index contributed by atoms with van der Waals surface area (Å²) >= 11 is 0. The number of hydrogen-bond acceptors (Lipinski definition) is 11. The van der Waals surface area contributed by atoms with Crippen molar-refractivity contribution in [1.29, 1.82) is 0 Å². The van der Waals surface area contributed by atoms with E-state index in [0.717, 1.165) is 12.3 Å². The zero-order chi connectivity index (χ0) is 34.0. The molecule has 0 spiro atoms. The number of morpholine rings is 1. The van der Waals surface area contributed by atoms with Gasteiger partial charge in [-0.3, -0.25) is 9.62 Å². The molecule has 0 amide bonds. The lowest BCUT2D eigenvalue weighted by Crippen LogP contribution is -2.38. The molecule has 0 aliphatic carbocycles. The van der Waals surface area contributed by atoms with Crippen molar-refractivity contribution < 1.29 is 41.3 Å². The standard InChI is InChI=1S/C32H34F2N6O7S/c1-45-30-26(38-48(2,43)44)14-21(17-35-30)28-24-15-22(33)16-27(29(24)37-32(36-28)40-9-11-46-12-10-40)47-23-5-7-39(8-6-23)18-20-4-3-19(31(41)42)13-25(20)34/h3-4,13-17,23,38H,5-12,18H2,1-2H3,(H,41,42). The third kappa shape index (κ3) is 7.55. The van der Waals surface area contributed by atoms with Crippen LogP contribution >= 0.6 is 0 Å². The number of anilines is 2. The van der Waals surface area contributed by atoms with Gasteiger partial charge < -0.3 is 24.2 Å². The maximum atomic E-state index is 15.3. The van der Waals surface area contributed by atoms with Crippen molar-refractivity contribution in [1.82, 2.24) is 19.9 Å². The predicted molar refractivity (Wildman–Crippen MR) is 173 cm³/mol. The summed E-state index contributed by atoms with van der Waals surface area (Å²) in [6.45, 7) is 3.47. The molecule has 4 aromatic rings. The maximum absolute atomic E-state index is 15.3. The Kier molecular flexibility index (Phi) is 9.57. The van der Waals surface area contributed by atoms with Crippen molar-refractivity contribution in [3.8, 4) is 22.9 Å². The number of carbonyl (C=O) groups is 1.